The summed E-state index contributed by atoms with van der Waals surface area (Å²) in [6.07, 6.45) is 3.10. The van der Waals surface area contributed by atoms with Crippen molar-refractivity contribution in [2.24, 2.45) is 5.73 Å². The van der Waals surface area contributed by atoms with Gasteiger partial charge in [-0.25, -0.2) is 4.98 Å². The van der Waals surface area contributed by atoms with E-state index in [1.165, 1.54) is 29.2 Å². The van der Waals surface area contributed by atoms with Gasteiger partial charge in [0.2, 0.25) is 11.8 Å². The Morgan fingerprint density at radius 1 is 1.41 bits per heavy atom. The fourth-order valence-corrected chi connectivity index (χ4v) is 2.96. The Morgan fingerprint density at radius 2 is 2.18 bits per heavy atom. The maximum absolute atomic E-state index is 12.0. The van der Waals surface area contributed by atoms with Crippen molar-refractivity contribution in [1.82, 2.24) is 4.98 Å². The molecule has 114 valence electrons. The topological polar surface area (TPSA) is 85.1 Å². The summed E-state index contributed by atoms with van der Waals surface area (Å²) in [4.78, 5) is 27.9. The van der Waals surface area contributed by atoms with E-state index in [4.69, 9.17) is 5.73 Å². The minimum atomic E-state index is -0.398. The largest absolute Gasteiger partial charge is 0.369 e. The monoisotopic (exact) mass is 333 g/mol. The SMILES string of the molecule is Cc1nc(/C=C/C(=O)Nc2ccccc2SCC(N)=O)cs1. The van der Waals surface area contributed by atoms with Gasteiger partial charge < -0.3 is 11.1 Å². The van der Waals surface area contributed by atoms with Crippen molar-refractivity contribution in [3.63, 3.8) is 0 Å². The molecular formula is C15H15N3O2S2. The quantitative estimate of drug-likeness (QED) is 0.629. The molecule has 0 fully saturated rings. The number of carbonyl (C=O) groups excluding carboxylic acids is 2. The number of rotatable bonds is 6. The molecule has 1 aromatic carbocycles. The molecule has 0 aliphatic heterocycles. The van der Waals surface area contributed by atoms with Gasteiger partial charge in [0.1, 0.15) is 0 Å². The van der Waals surface area contributed by atoms with Crippen molar-refractivity contribution in [3.05, 3.63) is 46.4 Å². The molecule has 0 saturated heterocycles. The predicted octanol–water partition coefficient (Wildman–Crippen LogP) is 2.68. The highest BCUT2D eigenvalue weighted by Crippen LogP contribution is 2.26. The van der Waals surface area contributed by atoms with Crippen molar-refractivity contribution < 1.29 is 9.59 Å². The zero-order valence-corrected chi connectivity index (χ0v) is 13.5. The smallest absolute Gasteiger partial charge is 0.248 e. The molecule has 0 spiro atoms. The van der Waals surface area contributed by atoms with Crippen molar-refractivity contribution in [2.45, 2.75) is 11.8 Å². The second-order valence-corrected chi connectivity index (χ2v) is 6.44. The number of amides is 2. The molecule has 2 amide bonds. The third-order valence-corrected chi connectivity index (χ3v) is 4.44. The van der Waals surface area contributed by atoms with Gasteiger partial charge in [-0.3, -0.25) is 9.59 Å². The molecule has 5 nitrogen and oxygen atoms in total. The number of nitrogens with zero attached hydrogens (tertiary/aromatic N) is 1. The van der Waals surface area contributed by atoms with Gasteiger partial charge in [-0.2, -0.15) is 0 Å². The van der Waals surface area contributed by atoms with Crippen LogP contribution in [-0.2, 0) is 9.59 Å². The summed E-state index contributed by atoms with van der Waals surface area (Å²) in [5.41, 5.74) is 6.55. The van der Waals surface area contributed by atoms with E-state index in [1.54, 1.807) is 12.1 Å². The van der Waals surface area contributed by atoms with E-state index in [2.05, 4.69) is 10.3 Å². The highest BCUT2D eigenvalue weighted by atomic mass is 32.2. The van der Waals surface area contributed by atoms with Crippen molar-refractivity contribution in [1.29, 1.82) is 0 Å². The summed E-state index contributed by atoms with van der Waals surface area (Å²) in [5, 5.41) is 5.63. The van der Waals surface area contributed by atoms with E-state index in [0.717, 1.165) is 15.6 Å². The molecule has 2 rings (SSSR count). The van der Waals surface area contributed by atoms with Crippen LogP contribution in [0.2, 0.25) is 0 Å². The van der Waals surface area contributed by atoms with E-state index in [0.29, 0.717) is 5.69 Å². The lowest BCUT2D eigenvalue weighted by Gasteiger charge is -2.08. The number of aryl methyl sites for hydroxylation is 1. The fraction of sp³-hybridized carbons (Fsp3) is 0.133. The van der Waals surface area contributed by atoms with E-state index in [-0.39, 0.29) is 11.7 Å². The van der Waals surface area contributed by atoms with Crippen LogP contribution in [0.4, 0.5) is 5.69 Å². The Bertz CT molecular complexity index is 710. The number of anilines is 1. The van der Waals surface area contributed by atoms with Gasteiger partial charge in [0.15, 0.2) is 0 Å². The average molecular weight is 333 g/mol. The first-order chi connectivity index (χ1) is 10.5. The molecule has 0 saturated carbocycles. The molecule has 0 aliphatic rings. The molecule has 0 unspecified atom stereocenters. The number of hydrogen-bond acceptors (Lipinski definition) is 5. The zero-order chi connectivity index (χ0) is 15.9. The lowest BCUT2D eigenvalue weighted by atomic mass is 10.3. The third-order valence-electron chi connectivity index (χ3n) is 2.56. The molecule has 3 N–H and O–H groups in total. The van der Waals surface area contributed by atoms with Crippen LogP contribution < -0.4 is 11.1 Å². The van der Waals surface area contributed by atoms with Crippen LogP contribution in [0, 0.1) is 6.92 Å². The highest BCUT2D eigenvalue weighted by molar-refractivity contribution is 8.00. The van der Waals surface area contributed by atoms with Crippen LogP contribution in [0.5, 0.6) is 0 Å². The summed E-state index contributed by atoms with van der Waals surface area (Å²) in [6, 6.07) is 7.27. The number of aromatic nitrogens is 1. The van der Waals surface area contributed by atoms with Crippen molar-refractivity contribution in [3.8, 4) is 0 Å². The molecule has 0 aliphatic carbocycles. The second-order valence-electron chi connectivity index (χ2n) is 4.37. The minimum Gasteiger partial charge on any atom is -0.369 e. The molecule has 1 aromatic heterocycles. The van der Waals surface area contributed by atoms with Crippen LogP contribution in [0.1, 0.15) is 10.7 Å². The van der Waals surface area contributed by atoms with Gasteiger partial charge in [0.05, 0.1) is 22.1 Å². The average Bonchev–Trinajstić information content (AvgIpc) is 2.90. The van der Waals surface area contributed by atoms with Crippen molar-refractivity contribution >= 4 is 46.7 Å². The van der Waals surface area contributed by atoms with Crippen LogP contribution in [-0.4, -0.2) is 22.6 Å². The first kappa shape index (κ1) is 16.3. The summed E-state index contributed by atoms with van der Waals surface area (Å²) in [7, 11) is 0. The van der Waals surface area contributed by atoms with Crippen LogP contribution in [0.15, 0.2) is 40.6 Å². The molecule has 0 bridgehead atoms. The molecule has 2 aromatic rings. The Hall–Kier alpha value is -2.12. The maximum atomic E-state index is 12.0. The number of thioether (sulfide) groups is 1. The lowest BCUT2D eigenvalue weighted by Crippen LogP contribution is -2.13. The van der Waals surface area contributed by atoms with E-state index < -0.39 is 5.91 Å². The fourth-order valence-electron chi connectivity index (χ4n) is 1.64. The van der Waals surface area contributed by atoms with Gasteiger partial charge in [-0.05, 0) is 25.1 Å². The van der Waals surface area contributed by atoms with Crippen LogP contribution >= 0.6 is 23.1 Å². The van der Waals surface area contributed by atoms with Gasteiger partial charge in [0.25, 0.3) is 0 Å². The van der Waals surface area contributed by atoms with Crippen molar-refractivity contribution in [2.75, 3.05) is 11.1 Å². The molecular weight excluding hydrogens is 318 g/mol. The standard InChI is InChI=1S/C15H15N3O2S2/c1-10-17-11(8-21-10)6-7-15(20)18-12-4-2-3-5-13(12)22-9-14(16)19/h2-8H,9H2,1H3,(H2,16,19)(H,18,20)/b7-6+. The number of nitrogens with one attached hydrogen (secondary N) is 1. The Morgan fingerprint density at radius 3 is 2.86 bits per heavy atom. The number of primary amides is 1. The first-order valence-electron chi connectivity index (χ1n) is 6.46. The van der Waals surface area contributed by atoms with Gasteiger partial charge in [-0.1, -0.05) is 12.1 Å². The summed E-state index contributed by atoms with van der Waals surface area (Å²) >= 11 is 2.82. The normalized spacial score (nSPS) is 10.8. The van der Waals surface area contributed by atoms with Gasteiger partial charge >= 0.3 is 0 Å². The highest BCUT2D eigenvalue weighted by Gasteiger charge is 2.06. The number of hydrogen-bond donors (Lipinski definition) is 2. The van der Waals surface area contributed by atoms with Gasteiger partial charge in [0, 0.05) is 16.4 Å². The number of thiazole rings is 1. The summed E-state index contributed by atoms with van der Waals surface area (Å²) in [5.74, 6) is -0.483. The number of benzene rings is 1. The molecule has 1 heterocycles. The van der Waals surface area contributed by atoms with Gasteiger partial charge in [-0.15, -0.1) is 23.1 Å². The third kappa shape index (κ3) is 5.01. The predicted molar refractivity (Wildman–Crippen MR) is 90.9 cm³/mol. The maximum Gasteiger partial charge on any atom is 0.248 e. The van der Waals surface area contributed by atoms with E-state index >= 15 is 0 Å². The Labute approximate surface area is 136 Å². The Balaban J connectivity index is 2.02. The molecule has 0 atom stereocenters. The number of para-hydroxylation sites is 1. The summed E-state index contributed by atoms with van der Waals surface area (Å²) in [6.45, 7) is 1.91. The second kappa shape index (κ2) is 7.77. The molecule has 7 heteroatoms. The Kier molecular flexibility index (Phi) is 5.74. The van der Waals surface area contributed by atoms with Crippen LogP contribution in [0.3, 0.4) is 0 Å². The lowest BCUT2D eigenvalue weighted by molar-refractivity contribution is -0.115. The molecule has 22 heavy (non-hydrogen) atoms. The first-order valence-corrected chi connectivity index (χ1v) is 8.32. The summed E-state index contributed by atoms with van der Waals surface area (Å²) < 4.78 is 0. The molecule has 0 radical (unpaired) electrons. The van der Waals surface area contributed by atoms with Crippen LogP contribution in [0.25, 0.3) is 6.08 Å². The minimum absolute atomic E-state index is 0.167. The number of nitrogens with two attached hydrogens (primary N) is 1. The van der Waals surface area contributed by atoms with E-state index in [1.807, 2.05) is 30.5 Å². The number of carbonyl (C=O) groups is 2. The van der Waals surface area contributed by atoms with E-state index in [9.17, 15) is 9.59 Å². The zero-order valence-electron chi connectivity index (χ0n) is 11.9.